The van der Waals surface area contributed by atoms with Crippen molar-refractivity contribution in [1.82, 2.24) is 14.5 Å². The molecule has 5 nitrogen and oxygen atoms in total. The molecule has 2 aromatic heterocycles. The van der Waals surface area contributed by atoms with Crippen molar-refractivity contribution in [3.05, 3.63) is 63.0 Å². The summed E-state index contributed by atoms with van der Waals surface area (Å²) < 4.78 is 2.93. The predicted molar refractivity (Wildman–Crippen MR) is 111 cm³/mol. The molecule has 1 atom stereocenters. The van der Waals surface area contributed by atoms with E-state index in [2.05, 4.69) is 6.07 Å². The van der Waals surface area contributed by atoms with E-state index in [1.807, 2.05) is 42.3 Å². The van der Waals surface area contributed by atoms with Crippen molar-refractivity contribution in [3.8, 4) is 0 Å². The third-order valence-corrected chi connectivity index (χ3v) is 7.05. The molecule has 1 saturated carbocycles. The summed E-state index contributed by atoms with van der Waals surface area (Å²) in [6, 6.07) is 10.3. The van der Waals surface area contributed by atoms with E-state index in [4.69, 9.17) is 4.98 Å². The van der Waals surface area contributed by atoms with Gasteiger partial charge in [0.25, 0.3) is 11.5 Å². The fraction of sp³-hybridized carbons (Fsp3) is 0.409. The van der Waals surface area contributed by atoms with Gasteiger partial charge in [-0.3, -0.25) is 9.59 Å². The molecular formula is C22H23N3O2S. The van der Waals surface area contributed by atoms with Gasteiger partial charge in [-0.25, -0.2) is 4.98 Å². The summed E-state index contributed by atoms with van der Waals surface area (Å²) in [4.78, 5) is 32.9. The van der Waals surface area contributed by atoms with Crippen LogP contribution >= 0.6 is 11.3 Å². The van der Waals surface area contributed by atoms with Gasteiger partial charge in [0.05, 0.1) is 15.2 Å². The molecule has 144 valence electrons. The van der Waals surface area contributed by atoms with E-state index in [9.17, 15) is 9.59 Å². The van der Waals surface area contributed by atoms with Crippen molar-refractivity contribution in [3.63, 3.8) is 0 Å². The molecule has 0 N–H and O–H groups in total. The van der Waals surface area contributed by atoms with E-state index in [-0.39, 0.29) is 23.4 Å². The van der Waals surface area contributed by atoms with E-state index < -0.39 is 0 Å². The van der Waals surface area contributed by atoms with Crippen LogP contribution in [0.4, 0.5) is 0 Å². The Balaban J connectivity index is 1.43. The van der Waals surface area contributed by atoms with Crippen LogP contribution in [0.2, 0.25) is 0 Å². The van der Waals surface area contributed by atoms with Crippen LogP contribution in [0.25, 0.3) is 10.2 Å². The molecule has 3 heterocycles. The third-order valence-electron chi connectivity index (χ3n) is 5.85. The van der Waals surface area contributed by atoms with Crippen LogP contribution in [-0.2, 0) is 0 Å². The molecule has 5 rings (SSSR count). The summed E-state index contributed by atoms with van der Waals surface area (Å²) >= 11 is 1.72. The zero-order valence-electron chi connectivity index (χ0n) is 15.9. The van der Waals surface area contributed by atoms with Gasteiger partial charge in [0, 0.05) is 31.2 Å². The molecule has 0 bridgehead atoms. The molecule has 0 radical (unpaired) electrons. The number of carbonyl (C=O) groups excluding carboxylic acids is 1. The van der Waals surface area contributed by atoms with Crippen LogP contribution < -0.4 is 5.56 Å². The Morgan fingerprint density at radius 2 is 2.00 bits per heavy atom. The van der Waals surface area contributed by atoms with Gasteiger partial charge in [-0.15, -0.1) is 11.3 Å². The van der Waals surface area contributed by atoms with Gasteiger partial charge in [0.1, 0.15) is 5.56 Å². The van der Waals surface area contributed by atoms with Crippen LogP contribution in [0, 0.1) is 6.92 Å². The minimum atomic E-state index is -0.130. The molecule has 1 aromatic carbocycles. The van der Waals surface area contributed by atoms with E-state index in [0.29, 0.717) is 18.7 Å². The first-order valence-electron chi connectivity index (χ1n) is 9.98. The lowest BCUT2D eigenvalue weighted by molar-refractivity contribution is 0.0704. The highest BCUT2D eigenvalue weighted by Gasteiger charge is 2.31. The second kappa shape index (κ2) is 6.85. The normalized spacial score (nSPS) is 19.9. The van der Waals surface area contributed by atoms with Crippen molar-refractivity contribution in [1.29, 1.82) is 0 Å². The van der Waals surface area contributed by atoms with E-state index in [1.54, 1.807) is 15.9 Å². The highest BCUT2D eigenvalue weighted by atomic mass is 32.1. The molecule has 1 aliphatic carbocycles. The molecule has 1 aliphatic heterocycles. The molecule has 6 heteroatoms. The molecule has 2 aliphatic rings. The number of hydrogen-bond acceptors (Lipinski definition) is 4. The number of aryl methyl sites for hydroxylation is 1. The lowest BCUT2D eigenvalue weighted by atomic mass is 9.97. The Kier molecular flexibility index (Phi) is 4.31. The van der Waals surface area contributed by atoms with Crippen LogP contribution in [0.1, 0.15) is 58.6 Å². The van der Waals surface area contributed by atoms with Crippen LogP contribution in [0.5, 0.6) is 0 Å². The number of benzene rings is 1. The Bertz CT molecular complexity index is 1080. The summed E-state index contributed by atoms with van der Waals surface area (Å²) in [7, 11) is 0. The second-order valence-corrected chi connectivity index (χ2v) is 8.99. The average Bonchev–Trinajstić information content (AvgIpc) is 3.45. The van der Waals surface area contributed by atoms with Crippen molar-refractivity contribution in [2.24, 2.45) is 0 Å². The summed E-state index contributed by atoms with van der Waals surface area (Å²) in [5, 5.41) is 1.10. The van der Waals surface area contributed by atoms with E-state index >= 15 is 0 Å². The number of rotatable bonds is 3. The van der Waals surface area contributed by atoms with Gasteiger partial charge in [-0.05, 0) is 56.4 Å². The standard InChI is InChI=1S/C22H23N3O2S/c1-14-10-12-25(16-8-9-16)22(27)19(14)21(26)24-11-4-5-15(13-24)20-23-17-6-2-3-7-18(17)28-20/h2-3,6-7,10,12,15-16H,4-5,8-9,11,13H2,1H3. The molecular weight excluding hydrogens is 370 g/mol. The van der Waals surface area contributed by atoms with Crippen molar-refractivity contribution >= 4 is 27.5 Å². The first-order valence-corrected chi connectivity index (χ1v) is 10.8. The number of fused-ring (bicyclic) bond motifs is 1. The molecule has 3 aromatic rings. The lowest BCUT2D eigenvalue weighted by Crippen LogP contribution is -2.42. The fourth-order valence-corrected chi connectivity index (χ4v) is 5.22. The number of pyridine rings is 1. The number of nitrogens with zero attached hydrogens (tertiary/aromatic N) is 3. The molecule has 28 heavy (non-hydrogen) atoms. The Morgan fingerprint density at radius 1 is 1.18 bits per heavy atom. The lowest BCUT2D eigenvalue weighted by Gasteiger charge is -2.32. The monoisotopic (exact) mass is 393 g/mol. The zero-order valence-corrected chi connectivity index (χ0v) is 16.7. The molecule has 0 spiro atoms. The van der Waals surface area contributed by atoms with Gasteiger partial charge < -0.3 is 9.47 Å². The SMILES string of the molecule is Cc1ccn(C2CC2)c(=O)c1C(=O)N1CCCC(c2nc3ccccc3s2)C1. The predicted octanol–water partition coefficient (Wildman–Crippen LogP) is 4.12. The van der Waals surface area contributed by atoms with Gasteiger partial charge in [-0.2, -0.15) is 0 Å². The average molecular weight is 394 g/mol. The first-order chi connectivity index (χ1) is 13.6. The maximum absolute atomic E-state index is 13.3. The minimum Gasteiger partial charge on any atom is -0.338 e. The largest absolute Gasteiger partial charge is 0.338 e. The van der Waals surface area contributed by atoms with Crippen LogP contribution in [0.3, 0.4) is 0 Å². The fourth-order valence-electron chi connectivity index (χ4n) is 4.13. The number of thiazole rings is 1. The van der Waals surface area contributed by atoms with Crippen LogP contribution in [-0.4, -0.2) is 33.4 Å². The summed E-state index contributed by atoms with van der Waals surface area (Å²) in [5.74, 6) is 0.119. The topological polar surface area (TPSA) is 55.2 Å². The second-order valence-electron chi connectivity index (χ2n) is 7.93. The Hall–Kier alpha value is -2.47. The van der Waals surface area contributed by atoms with Gasteiger partial charge in [0.2, 0.25) is 0 Å². The third kappa shape index (κ3) is 3.05. The summed E-state index contributed by atoms with van der Waals surface area (Å²) in [6.45, 7) is 3.20. The van der Waals surface area contributed by atoms with Gasteiger partial charge in [0.15, 0.2) is 0 Å². The number of piperidine rings is 1. The zero-order chi connectivity index (χ0) is 19.3. The van der Waals surface area contributed by atoms with Gasteiger partial charge >= 0.3 is 0 Å². The minimum absolute atomic E-state index is 0.122. The summed E-state index contributed by atoms with van der Waals surface area (Å²) in [6.07, 6.45) is 5.87. The molecule has 2 fully saturated rings. The van der Waals surface area contributed by atoms with Crippen molar-refractivity contribution in [2.45, 2.75) is 44.6 Å². The Morgan fingerprint density at radius 3 is 2.79 bits per heavy atom. The number of likely N-dealkylation sites (tertiary alicyclic amines) is 1. The maximum Gasteiger partial charge on any atom is 0.263 e. The Labute approximate surface area is 167 Å². The molecule has 1 saturated heterocycles. The van der Waals surface area contributed by atoms with Crippen molar-refractivity contribution in [2.75, 3.05) is 13.1 Å². The van der Waals surface area contributed by atoms with E-state index in [0.717, 1.165) is 41.8 Å². The first kappa shape index (κ1) is 17.6. The van der Waals surface area contributed by atoms with E-state index in [1.165, 1.54) is 4.70 Å². The number of hydrogen-bond donors (Lipinski definition) is 0. The van der Waals surface area contributed by atoms with Gasteiger partial charge in [-0.1, -0.05) is 12.1 Å². The summed E-state index contributed by atoms with van der Waals surface area (Å²) in [5.41, 5.74) is 2.01. The number of carbonyl (C=O) groups is 1. The highest BCUT2D eigenvalue weighted by Crippen LogP contribution is 2.35. The van der Waals surface area contributed by atoms with Crippen LogP contribution in [0.15, 0.2) is 41.3 Å². The van der Waals surface area contributed by atoms with Crippen molar-refractivity contribution < 1.29 is 4.79 Å². The smallest absolute Gasteiger partial charge is 0.263 e. The molecule has 1 unspecified atom stereocenters. The number of aromatic nitrogens is 2. The quantitative estimate of drug-likeness (QED) is 0.673. The highest BCUT2D eigenvalue weighted by molar-refractivity contribution is 7.18. The number of para-hydroxylation sites is 1. The number of amides is 1. The maximum atomic E-state index is 13.3. The molecule has 1 amide bonds.